The first kappa shape index (κ1) is 19.1. The van der Waals surface area contributed by atoms with Crippen LogP contribution in [0.1, 0.15) is 18.5 Å². The highest BCUT2D eigenvalue weighted by Crippen LogP contribution is 2.32. The Hall–Kier alpha value is -2.24. The Balaban J connectivity index is 2.12. The van der Waals surface area contributed by atoms with Gasteiger partial charge in [-0.05, 0) is 24.6 Å². The third-order valence-corrected chi connectivity index (χ3v) is 4.25. The highest BCUT2D eigenvalue weighted by Gasteiger charge is 2.26. The largest absolute Gasteiger partial charge is 0.479 e. The Kier molecular flexibility index (Phi) is 6.67. The summed E-state index contributed by atoms with van der Waals surface area (Å²) in [7, 11) is 1.26. The maximum Gasteiger partial charge on any atom is 0.333 e. The predicted octanol–water partition coefficient (Wildman–Crippen LogP) is 3.79. The number of carbonyl (C=O) groups is 2. The molecule has 0 saturated heterocycles. The minimum atomic E-state index is -0.931. The summed E-state index contributed by atoms with van der Waals surface area (Å²) in [5, 5.41) is 3.17. The summed E-state index contributed by atoms with van der Waals surface area (Å²) in [6.45, 7) is 1.55. The van der Waals surface area contributed by atoms with Gasteiger partial charge in [0.05, 0.1) is 12.1 Å². The molecule has 0 bridgehead atoms. The monoisotopic (exact) mass is 381 g/mol. The quantitative estimate of drug-likeness (QED) is 0.773. The number of esters is 1. The maximum absolute atomic E-state index is 12.4. The van der Waals surface area contributed by atoms with Gasteiger partial charge in [0, 0.05) is 0 Å². The van der Waals surface area contributed by atoms with Gasteiger partial charge in [-0.1, -0.05) is 59.6 Å². The fourth-order valence-corrected chi connectivity index (χ4v) is 2.46. The number of hydrogen-bond donors (Lipinski definition) is 1. The van der Waals surface area contributed by atoms with Crippen LogP contribution in [0.3, 0.4) is 0 Å². The maximum atomic E-state index is 12.4. The third kappa shape index (κ3) is 4.87. The highest BCUT2D eigenvalue weighted by molar-refractivity contribution is 6.42. The topological polar surface area (TPSA) is 64.6 Å². The van der Waals surface area contributed by atoms with Crippen LogP contribution in [-0.4, -0.2) is 25.1 Å². The van der Waals surface area contributed by atoms with Gasteiger partial charge >= 0.3 is 5.97 Å². The number of halogens is 2. The molecule has 0 aliphatic heterocycles. The van der Waals surface area contributed by atoms with E-state index in [0.29, 0.717) is 10.6 Å². The lowest BCUT2D eigenvalue weighted by atomic mass is 10.1. The van der Waals surface area contributed by atoms with Gasteiger partial charge in [0.25, 0.3) is 5.91 Å². The zero-order valence-electron chi connectivity index (χ0n) is 13.7. The van der Waals surface area contributed by atoms with Crippen molar-refractivity contribution in [1.82, 2.24) is 5.32 Å². The van der Waals surface area contributed by atoms with Crippen LogP contribution >= 0.6 is 23.2 Å². The van der Waals surface area contributed by atoms with Crippen molar-refractivity contribution >= 4 is 35.1 Å². The lowest BCUT2D eigenvalue weighted by Gasteiger charge is -2.20. The summed E-state index contributed by atoms with van der Waals surface area (Å²) in [6.07, 6.45) is -0.896. The fourth-order valence-electron chi connectivity index (χ4n) is 2.12. The Bertz CT molecular complexity index is 752. The van der Waals surface area contributed by atoms with Crippen LogP contribution in [0.5, 0.6) is 5.75 Å². The summed E-state index contributed by atoms with van der Waals surface area (Å²) in [4.78, 5) is 24.4. The van der Waals surface area contributed by atoms with Crippen molar-refractivity contribution in [3.8, 4) is 5.75 Å². The van der Waals surface area contributed by atoms with E-state index in [9.17, 15) is 9.59 Å². The van der Waals surface area contributed by atoms with E-state index in [1.165, 1.54) is 7.11 Å². The molecule has 0 radical (unpaired) electrons. The average molecular weight is 382 g/mol. The van der Waals surface area contributed by atoms with Crippen LogP contribution in [0, 0.1) is 0 Å². The molecule has 0 aliphatic rings. The molecule has 2 aromatic rings. The minimum absolute atomic E-state index is 0.219. The van der Waals surface area contributed by atoms with E-state index in [0.717, 1.165) is 0 Å². The highest BCUT2D eigenvalue weighted by atomic mass is 35.5. The molecule has 0 spiro atoms. The molecular formula is C18H17Cl2NO4. The van der Waals surface area contributed by atoms with Crippen LogP contribution < -0.4 is 10.1 Å². The first-order valence-electron chi connectivity index (χ1n) is 7.48. The van der Waals surface area contributed by atoms with Crippen molar-refractivity contribution in [3.63, 3.8) is 0 Å². The molecule has 0 aromatic heterocycles. The first-order chi connectivity index (χ1) is 11.9. The van der Waals surface area contributed by atoms with Crippen LogP contribution in [0.4, 0.5) is 0 Å². The van der Waals surface area contributed by atoms with E-state index < -0.39 is 24.0 Å². The molecule has 2 rings (SSSR count). The average Bonchev–Trinajstić information content (AvgIpc) is 2.63. The molecule has 2 aromatic carbocycles. The molecule has 7 heteroatoms. The Morgan fingerprint density at radius 1 is 1.04 bits per heavy atom. The van der Waals surface area contributed by atoms with E-state index in [-0.39, 0.29) is 10.8 Å². The van der Waals surface area contributed by atoms with E-state index in [1.807, 2.05) is 6.07 Å². The standard InChI is InChI=1S/C18H17Cl2NO4/c1-11(25-14-10-6-9-13(19)15(14)20)17(22)21-16(18(23)24-2)12-7-4-3-5-8-12/h3-11,16H,1-2H3,(H,21,22). The second-order valence-corrected chi connectivity index (χ2v) is 5.97. The van der Waals surface area contributed by atoms with Crippen LogP contribution in [0.25, 0.3) is 0 Å². The predicted molar refractivity (Wildman–Crippen MR) is 95.9 cm³/mol. The van der Waals surface area contributed by atoms with Gasteiger partial charge in [0.1, 0.15) is 10.8 Å². The number of nitrogens with one attached hydrogen (secondary N) is 1. The fraction of sp³-hybridized carbons (Fsp3) is 0.222. The number of rotatable bonds is 6. The molecule has 0 heterocycles. The number of amides is 1. The van der Waals surface area contributed by atoms with E-state index >= 15 is 0 Å². The van der Waals surface area contributed by atoms with Gasteiger partial charge in [-0.25, -0.2) is 4.79 Å². The van der Waals surface area contributed by atoms with E-state index in [2.05, 4.69) is 5.32 Å². The number of ether oxygens (including phenoxy) is 2. The Labute approximate surface area is 155 Å². The van der Waals surface area contributed by atoms with Gasteiger partial charge in [-0.15, -0.1) is 0 Å². The second kappa shape index (κ2) is 8.74. The molecule has 0 fully saturated rings. The molecule has 0 saturated carbocycles. The molecule has 1 N–H and O–H groups in total. The normalized spacial score (nSPS) is 12.8. The molecular weight excluding hydrogens is 365 g/mol. The third-order valence-electron chi connectivity index (χ3n) is 3.45. The summed E-state index contributed by atoms with van der Waals surface area (Å²) in [5.41, 5.74) is 0.607. The van der Waals surface area contributed by atoms with Gasteiger partial charge in [0.15, 0.2) is 12.1 Å². The van der Waals surface area contributed by atoms with Crippen molar-refractivity contribution in [1.29, 1.82) is 0 Å². The molecule has 2 atom stereocenters. The number of carbonyl (C=O) groups excluding carboxylic acids is 2. The van der Waals surface area contributed by atoms with Crippen molar-refractivity contribution in [3.05, 3.63) is 64.1 Å². The number of hydrogen-bond acceptors (Lipinski definition) is 4. The zero-order valence-corrected chi connectivity index (χ0v) is 15.2. The summed E-state index contributed by atoms with van der Waals surface area (Å²) < 4.78 is 10.3. The van der Waals surface area contributed by atoms with Gasteiger partial charge < -0.3 is 14.8 Å². The second-order valence-electron chi connectivity index (χ2n) is 5.19. The molecule has 5 nitrogen and oxygen atoms in total. The SMILES string of the molecule is COC(=O)C(NC(=O)C(C)Oc1cccc(Cl)c1Cl)c1ccccc1. The van der Waals surface area contributed by atoms with Crippen LogP contribution in [-0.2, 0) is 14.3 Å². The Morgan fingerprint density at radius 2 is 1.72 bits per heavy atom. The smallest absolute Gasteiger partial charge is 0.333 e. The van der Waals surface area contributed by atoms with Gasteiger partial charge in [-0.2, -0.15) is 0 Å². The van der Waals surface area contributed by atoms with E-state index in [1.54, 1.807) is 49.4 Å². The molecule has 132 valence electrons. The van der Waals surface area contributed by atoms with E-state index in [4.69, 9.17) is 32.7 Å². The van der Waals surface area contributed by atoms with Crippen molar-refractivity contribution in [2.45, 2.75) is 19.1 Å². The van der Waals surface area contributed by atoms with Crippen LogP contribution in [0.15, 0.2) is 48.5 Å². The minimum Gasteiger partial charge on any atom is -0.479 e. The number of methoxy groups -OCH3 is 1. The number of benzene rings is 2. The Morgan fingerprint density at radius 3 is 2.36 bits per heavy atom. The molecule has 2 unspecified atom stereocenters. The van der Waals surface area contributed by atoms with Crippen molar-refractivity contribution in [2.24, 2.45) is 0 Å². The van der Waals surface area contributed by atoms with Crippen LogP contribution in [0.2, 0.25) is 10.0 Å². The van der Waals surface area contributed by atoms with Crippen molar-refractivity contribution in [2.75, 3.05) is 7.11 Å². The molecule has 1 amide bonds. The molecule has 0 aliphatic carbocycles. The lowest BCUT2D eigenvalue weighted by Crippen LogP contribution is -2.41. The first-order valence-corrected chi connectivity index (χ1v) is 8.23. The van der Waals surface area contributed by atoms with Gasteiger partial charge in [-0.3, -0.25) is 4.79 Å². The summed E-state index contributed by atoms with van der Waals surface area (Å²) >= 11 is 12.0. The summed E-state index contributed by atoms with van der Waals surface area (Å²) in [5.74, 6) is -0.783. The lowest BCUT2D eigenvalue weighted by molar-refractivity contribution is -0.146. The van der Waals surface area contributed by atoms with Gasteiger partial charge in [0.2, 0.25) is 0 Å². The summed E-state index contributed by atoms with van der Waals surface area (Å²) in [6, 6.07) is 12.7. The van der Waals surface area contributed by atoms with Crippen molar-refractivity contribution < 1.29 is 19.1 Å². The molecule has 25 heavy (non-hydrogen) atoms. The zero-order chi connectivity index (χ0) is 18.4.